The van der Waals surface area contributed by atoms with Gasteiger partial charge in [0.2, 0.25) is 0 Å². The molecule has 1 aromatic rings. The van der Waals surface area contributed by atoms with Gasteiger partial charge in [-0.15, -0.1) is 0 Å². The Labute approximate surface area is 130 Å². The van der Waals surface area contributed by atoms with E-state index < -0.39 is 9.84 Å². The number of hydrogen-bond donors (Lipinski definition) is 2. The number of anilines is 1. The molecule has 0 radical (unpaired) electrons. The van der Waals surface area contributed by atoms with Crippen LogP contribution in [-0.2, 0) is 9.84 Å². The molecule has 3 rings (SSSR count). The number of hydrogen-bond acceptors (Lipinski definition) is 5. The van der Waals surface area contributed by atoms with Crippen LogP contribution in [-0.4, -0.2) is 42.9 Å². The summed E-state index contributed by atoms with van der Waals surface area (Å²) < 4.78 is 22.9. The number of carbonyl (C=O) groups is 1. The van der Waals surface area contributed by atoms with E-state index in [4.69, 9.17) is 0 Å². The van der Waals surface area contributed by atoms with Crippen molar-refractivity contribution in [2.75, 3.05) is 16.8 Å². The van der Waals surface area contributed by atoms with Crippen LogP contribution >= 0.6 is 0 Å². The van der Waals surface area contributed by atoms with Crippen LogP contribution in [0.15, 0.2) is 18.3 Å². The monoisotopic (exact) mass is 323 g/mol. The van der Waals surface area contributed by atoms with E-state index in [0.29, 0.717) is 12.1 Å². The summed E-state index contributed by atoms with van der Waals surface area (Å²) in [5.41, 5.74) is 1.15. The summed E-state index contributed by atoms with van der Waals surface area (Å²) >= 11 is 0. The highest BCUT2D eigenvalue weighted by atomic mass is 32.2. The zero-order valence-electron chi connectivity index (χ0n) is 12.4. The predicted molar refractivity (Wildman–Crippen MR) is 84.6 cm³/mol. The smallest absolute Gasteiger partial charge is 0.270 e. The Bertz CT molecular complexity index is 637. The Morgan fingerprint density at radius 3 is 2.50 bits per heavy atom. The van der Waals surface area contributed by atoms with Crippen molar-refractivity contribution in [2.45, 2.75) is 44.2 Å². The average Bonchev–Trinajstić information content (AvgIpc) is 3.09. The Morgan fingerprint density at radius 1 is 1.14 bits per heavy atom. The van der Waals surface area contributed by atoms with Gasteiger partial charge in [-0.1, -0.05) is 12.8 Å². The molecule has 7 heteroatoms. The molecule has 1 aliphatic carbocycles. The zero-order chi connectivity index (χ0) is 15.6. The SMILES string of the molecule is O=C(NC1CCCC1)c1ccc(NC2CCS(=O)(=O)C2)cn1. The van der Waals surface area contributed by atoms with Gasteiger partial charge >= 0.3 is 0 Å². The Balaban J connectivity index is 1.56. The Kier molecular flexibility index (Phi) is 4.33. The van der Waals surface area contributed by atoms with Gasteiger partial charge in [0.1, 0.15) is 5.69 Å². The first-order valence-electron chi connectivity index (χ1n) is 7.76. The third kappa shape index (κ3) is 3.76. The number of nitrogens with one attached hydrogen (secondary N) is 2. The van der Waals surface area contributed by atoms with Gasteiger partial charge in [0, 0.05) is 12.1 Å². The van der Waals surface area contributed by atoms with Crippen LogP contribution in [0.1, 0.15) is 42.6 Å². The first-order valence-corrected chi connectivity index (χ1v) is 9.58. The van der Waals surface area contributed by atoms with Crippen LogP contribution in [0.3, 0.4) is 0 Å². The highest BCUT2D eigenvalue weighted by Crippen LogP contribution is 2.19. The van der Waals surface area contributed by atoms with Crippen LogP contribution in [0, 0.1) is 0 Å². The largest absolute Gasteiger partial charge is 0.380 e. The molecule has 2 aliphatic rings. The second kappa shape index (κ2) is 6.24. The maximum atomic E-state index is 12.1. The number of carbonyl (C=O) groups excluding carboxylic acids is 1. The van der Waals surface area contributed by atoms with Crippen LogP contribution < -0.4 is 10.6 Å². The Morgan fingerprint density at radius 2 is 1.91 bits per heavy atom. The Hall–Kier alpha value is -1.63. The van der Waals surface area contributed by atoms with Crippen LogP contribution in [0.4, 0.5) is 5.69 Å². The summed E-state index contributed by atoms with van der Waals surface area (Å²) in [5.74, 6) is 0.263. The van der Waals surface area contributed by atoms with Crippen molar-refractivity contribution in [1.29, 1.82) is 0 Å². The molecular formula is C15H21N3O3S. The van der Waals surface area contributed by atoms with Gasteiger partial charge in [-0.3, -0.25) is 4.79 Å². The van der Waals surface area contributed by atoms with Crippen molar-refractivity contribution in [3.05, 3.63) is 24.0 Å². The maximum Gasteiger partial charge on any atom is 0.270 e. The quantitative estimate of drug-likeness (QED) is 0.873. The fourth-order valence-electron chi connectivity index (χ4n) is 3.09. The molecule has 1 aliphatic heterocycles. The molecule has 2 heterocycles. The lowest BCUT2D eigenvalue weighted by Gasteiger charge is -2.13. The fourth-order valence-corrected chi connectivity index (χ4v) is 4.76. The number of rotatable bonds is 4. The number of nitrogens with zero attached hydrogens (tertiary/aromatic N) is 1. The molecule has 6 nitrogen and oxygen atoms in total. The van der Waals surface area contributed by atoms with Gasteiger partial charge in [-0.25, -0.2) is 13.4 Å². The number of sulfone groups is 1. The van der Waals surface area contributed by atoms with E-state index in [9.17, 15) is 13.2 Å². The first kappa shape index (κ1) is 15.3. The van der Waals surface area contributed by atoms with Crippen LogP contribution in [0.25, 0.3) is 0 Å². The molecule has 0 spiro atoms. The van der Waals surface area contributed by atoms with Crippen molar-refractivity contribution < 1.29 is 13.2 Å². The van der Waals surface area contributed by atoms with E-state index in [-0.39, 0.29) is 29.5 Å². The molecule has 1 saturated heterocycles. The van der Waals surface area contributed by atoms with Crippen molar-refractivity contribution in [3.8, 4) is 0 Å². The van der Waals surface area contributed by atoms with Gasteiger partial charge in [-0.05, 0) is 31.4 Å². The van der Waals surface area contributed by atoms with E-state index in [1.165, 1.54) is 12.8 Å². The topological polar surface area (TPSA) is 88.2 Å². The van der Waals surface area contributed by atoms with Crippen LogP contribution in [0.2, 0.25) is 0 Å². The third-order valence-corrected chi connectivity index (χ3v) is 6.06. The molecule has 2 fully saturated rings. The molecule has 120 valence electrons. The lowest BCUT2D eigenvalue weighted by Crippen LogP contribution is -2.33. The normalized spacial score (nSPS) is 24.3. The minimum atomic E-state index is -2.90. The molecule has 1 aromatic heterocycles. The van der Waals surface area contributed by atoms with E-state index in [0.717, 1.165) is 18.5 Å². The van der Waals surface area contributed by atoms with Crippen molar-refractivity contribution in [1.82, 2.24) is 10.3 Å². The van der Waals surface area contributed by atoms with E-state index in [1.807, 2.05) is 0 Å². The molecule has 0 bridgehead atoms. The number of pyridine rings is 1. The van der Waals surface area contributed by atoms with Gasteiger partial charge in [-0.2, -0.15) is 0 Å². The molecule has 1 unspecified atom stereocenters. The van der Waals surface area contributed by atoms with Gasteiger partial charge in [0.05, 0.1) is 23.4 Å². The lowest BCUT2D eigenvalue weighted by atomic mass is 10.2. The average molecular weight is 323 g/mol. The molecule has 1 amide bonds. The summed E-state index contributed by atoms with van der Waals surface area (Å²) in [5, 5.41) is 6.16. The van der Waals surface area contributed by atoms with E-state index in [1.54, 1.807) is 18.3 Å². The molecule has 1 saturated carbocycles. The van der Waals surface area contributed by atoms with E-state index in [2.05, 4.69) is 15.6 Å². The molecule has 0 aromatic carbocycles. The van der Waals surface area contributed by atoms with Crippen LogP contribution in [0.5, 0.6) is 0 Å². The van der Waals surface area contributed by atoms with Gasteiger partial charge < -0.3 is 10.6 Å². The maximum absolute atomic E-state index is 12.1. The predicted octanol–water partition coefficient (Wildman–Crippen LogP) is 1.35. The van der Waals surface area contributed by atoms with Gasteiger partial charge in [0.15, 0.2) is 9.84 Å². The van der Waals surface area contributed by atoms with Crippen molar-refractivity contribution in [3.63, 3.8) is 0 Å². The number of amides is 1. The summed E-state index contributed by atoms with van der Waals surface area (Å²) in [6, 6.07) is 3.66. The zero-order valence-corrected chi connectivity index (χ0v) is 13.2. The minimum Gasteiger partial charge on any atom is -0.380 e. The first-order chi connectivity index (χ1) is 10.5. The van der Waals surface area contributed by atoms with Crippen molar-refractivity contribution in [2.24, 2.45) is 0 Å². The molecule has 1 atom stereocenters. The van der Waals surface area contributed by atoms with Gasteiger partial charge in [0.25, 0.3) is 5.91 Å². The second-order valence-corrected chi connectivity index (χ2v) is 8.36. The fraction of sp³-hybridized carbons (Fsp3) is 0.600. The number of aromatic nitrogens is 1. The molecule has 22 heavy (non-hydrogen) atoms. The lowest BCUT2D eigenvalue weighted by molar-refractivity contribution is 0.0933. The summed E-state index contributed by atoms with van der Waals surface area (Å²) in [6.07, 6.45) is 6.64. The minimum absolute atomic E-state index is 0.0648. The summed E-state index contributed by atoms with van der Waals surface area (Å²) in [6.45, 7) is 0. The molecular weight excluding hydrogens is 302 g/mol. The third-order valence-electron chi connectivity index (χ3n) is 4.29. The summed E-state index contributed by atoms with van der Waals surface area (Å²) in [7, 11) is -2.90. The highest BCUT2D eigenvalue weighted by molar-refractivity contribution is 7.91. The van der Waals surface area contributed by atoms with Crippen molar-refractivity contribution >= 4 is 21.4 Å². The highest BCUT2D eigenvalue weighted by Gasteiger charge is 2.27. The second-order valence-electron chi connectivity index (χ2n) is 6.13. The molecule has 2 N–H and O–H groups in total. The van der Waals surface area contributed by atoms with E-state index >= 15 is 0 Å². The standard InChI is InChI=1S/C15H21N3O3S/c19-15(18-11-3-1-2-4-11)14-6-5-12(9-16-14)17-13-7-8-22(20,21)10-13/h5-6,9,11,13,17H,1-4,7-8,10H2,(H,18,19). The summed E-state index contributed by atoms with van der Waals surface area (Å²) in [4.78, 5) is 16.2.